The maximum atomic E-state index is 13.4. The first-order valence-corrected chi connectivity index (χ1v) is 11.5. The van der Waals surface area contributed by atoms with E-state index in [0.717, 1.165) is 0 Å². The van der Waals surface area contributed by atoms with Crippen molar-refractivity contribution in [2.75, 3.05) is 52.9 Å². The number of benzene rings is 1. The summed E-state index contributed by atoms with van der Waals surface area (Å²) >= 11 is 0. The molecule has 0 fully saturated rings. The van der Waals surface area contributed by atoms with Gasteiger partial charge in [-0.25, -0.2) is 4.79 Å². The van der Waals surface area contributed by atoms with E-state index in [1.807, 2.05) is 27.7 Å². The summed E-state index contributed by atoms with van der Waals surface area (Å²) < 4.78 is 16.8. The molecule has 3 atom stereocenters. The molecule has 0 aromatic heterocycles. The van der Waals surface area contributed by atoms with E-state index in [9.17, 15) is 14.4 Å². The molecule has 10 heteroatoms. The van der Waals surface area contributed by atoms with E-state index >= 15 is 0 Å². The lowest BCUT2D eigenvalue weighted by Gasteiger charge is -2.36. The van der Waals surface area contributed by atoms with Gasteiger partial charge in [0, 0.05) is 52.0 Å². The molecule has 0 saturated carbocycles. The minimum absolute atomic E-state index is 0.0291. The van der Waals surface area contributed by atoms with Gasteiger partial charge in [-0.2, -0.15) is 0 Å². The summed E-state index contributed by atoms with van der Waals surface area (Å²) in [6, 6.07) is 4.28. The van der Waals surface area contributed by atoms with Crippen LogP contribution in [0.15, 0.2) is 18.2 Å². The summed E-state index contributed by atoms with van der Waals surface area (Å²) in [6.45, 7) is 8.52. The van der Waals surface area contributed by atoms with Crippen LogP contribution in [0.5, 0.6) is 5.75 Å². The van der Waals surface area contributed by atoms with Gasteiger partial charge in [-0.3, -0.25) is 9.59 Å². The third-order valence-electron chi connectivity index (χ3n) is 5.71. The monoisotopic (exact) mass is 478 g/mol. The van der Waals surface area contributed by atoms with Crippen LogP contribution in [0.25, 0.3) is 0 Å². The largest absolute Gasteiger partial charge is 0.491 e. The molecule has 2 rings (SSSR count). The number of amides is 4. The molecule has 10 nitrogen and oxygen atoms in total. The van der Waals surface area contributed by atoms with E-state index in [1.54, 1.807) is 42.2 Å². The fraction of sp³-hybridized carbons (Fsp3) is 0.625. The summed E-state index contributed by atoms with van der Waals surface area (Å²) in [5.74, 6) is -0.0641. The number of hydrogen-bond donors (Lipinski definition) is 2. The highest BCUT2D eigenvalue weighted by Crippen LogP contribution is 2.26. The molecule has 0 spiro atoms. The number of methoxy groups -OCH3 is 2. The minimum atomic E-state index is -0.362. The first-order valence-electron chi connectivity index (χ1n) is 11.5. The van der Waals surface area contributed by atoms with Crippen LogP contribution in [0.3, 0.4) is 0 Å². The Labute approximate surface area is 201 Å². The van der Waals surface area contributed by atoms with Gasteiger partial charge in [-0.05, 0) is 39.0 Å². The van der Waals surface area contributed by atoms with Crippen molar-refractivity contribution in [3.63, 3.8) is 0 Å². The summed E-state index contributed by atoms with van der Waals surface area (Å²) in [6.07, 6.45) is -0.291. The van der Waals surface area contributed by atoms with Crippen molar-refractivity contribution in [3.05, 3.63) is 23.8 Å². The minimum Gasteiger partial charge on any atom is -0.491 e. The molecule has 1 aromatic carbocycles. The number of hydrogen-bond acceptors (Lipinski definition) is 6. The Kier molecular flexibility index (Phi) is 10.1. The van der Waals surface area contributed by atoms with Gasteiger partial charge < -0.3 is 34.6 Å². The van der Waals surface area contributed by atoms with Crippen LogP contribution in [0.1, 0.15) is 38.1 Å². The maximum absolute atomic E-state index is 13.4. The van der Waals surface area contributed by atoms with E-state index in [2.05, 4.69) is 10.6 Å². The lowest BCUT2D eigenvalue weighted by atomic mass is 10.0. The van der Waals surface area contributed by atoms with Crippen LogP contribution in [-0.2, 0) is 14.3 Å². The van der Waals surface area contributed by atoms with Gasteiger partial charge in [-0.1, -0.05) is 6.92 Å². The molecule has 1 aromatic rings. The quantitative estimate of drug-likeness (QED) is 0.672. The van der Waals surface area contributed by atoms with E-state index in [4.69, 9.17) is 14.2 Å². The second-order valence-corrected chi connectivity index (χ2v) is 9.04. The molecular formula is C24H38N4O6. The lowest BCUT2D eigenvalue weighted by Crippen LogP contribution is -2.49. The van der Waals surface area contributed by atoms with Gasteiger partial charge in [-0.15, -0.1) is 0 Å². The molecular weight excluding hydrogens is 440 g/mol. The number of carbonyl (C=O) groups excluding carboxylic acids is 3. The van der Waals surface area contributed by atoms with E-state index in [1.165, 1.54) is 7.11 Å². The third kappa shape index (κ3) is 7.33. The number of ether oxygens (including phenoxy) is 3. The molecule has 0 saturated heterocycles. The highest BCUT2D eigenvalue weighted by Gasteiger charge is 2.30. The van der Waals surface area contributed by atoms with Crippen LogP contribution < -0.4 is 15.4 Å². The SMILES string of the molecule is COCC(=O)N1C[C@H](C)[C@@H](OC)CN(C)C(=O)c2cc(NC(=O)NC(C)C)ccc2OC[C@@H]1C. The lowest BCUT2D eigenvalue weighted by molar-refractivity contribution is -0.139. The predicted molar refractivity (Wildman–Crippen MR) is 129 cm³/mol. The van der Waals surface area contributed by atoms with E-state index in [-0.39, 0.29) is 55.2 Å². The van der Waals surface area contributed by atoms with Crippen molar-refractivity contribution in [2.45, 2.75) is 45.9 Å². The van der Waals surface area contributed by atoms with Crippen molar-refractivity contribution in [1.82, 2.24) is 15.1 Å². The Morgan fingerprint density at radius 1 is 1.21 bits per heavy atom. The molecule has 0 unspecified atom stereocenters. The Balaban J connectivity index is 2.41. The number of nitrogens with one attached hydrogen (secondary N) is 2. The topological polar surface area (TPSA) is 109 Å². The molecule has 4 amide bonds. The molecule has 0 aliphatic carbocycles. The molecule has 1 aliphatic heterocycles. The van der Waals surface area contributed by atoms with Gasteiger partial charge in [0.2, 0.25) is 5.91 Å². The summed E-state index contributed by atoms with van der Waals surface area (Å²) in [4.78, 5) is 41.5. The molecule has 190 valence electrons. The first kappa shape index (κ1) is 27.4. The maximum Gasteiger partial charge on any atom is 0.319 e. The Bertz CT molecular complexity index is 862. The highest BCUT2D eigenvalue weighted by molar-refractivity contribution is 5.99. The molecule has 0 radical (unpaired) electrons. The average molecular weight is 479 g/mol. The Morgan fingerprint density at radius 3 is 2.53 bits per heavy atom. The van der Waals surface area contributed by atoms with Crippen LogP contribution >= 0.6 is 0 Å². The summed E-state index contributed by atoms with van der Waals surface area (Å²) in [5, 5.41) is 5.51. The molecule has 34 heavy (non-hydrogen) atoms. The Morgan fingerprint density at radius 2 is 1.91 bits per heavy atom. The number of anilines is 1. The number of likely N-dealkylation sites (N-methyl/N-ethyl adjacent to an activating group) is 1. The number of urea groups is 1. The van der Waals surface area contributed by atoms with Crippen molar-refractivity contribution in [2.24, 2.45) is 5.92 Å². The number of rotatable bonds is 5. The molecule has 0 bridgehead atoms. The number of carbonyl (C=O) groups is 3. The standard InChI is InChI=1S/C24H38N4O6/c1-15(2)25-24(31)26-18-8-9-20-19(10-18)23(30)27(5)12-21(33-7)16(3)11-28(17(4)13-34-20)22(29)14-32-6/h8-10,15-17,21H,11-14H2,1-7H3,(H2,25,26,31)/t16-,17-,21-/m0/s1. The summed E-state index contributed by atoms with van der Waals surface area (Å²) in [7, 11) is 4.78. The number of nitrogens with zero attached hydrogens (tertiary/aromatic N) is 2. The van der Waals surface area contributed by atoms with Crippen molar-refractivity contribution in [3.8, 4) is 5.75 Å². The van der Waals surface area contributed by atoms with Crippen LogP contribution in [-0.4, -0.2) is 93.4 Å². The zero-order chi connectivity index (χ0) is 25.4. The van der Waals surface area contributed by atoms with Crippen LogP contribution in [0.2, 0.25) is 0 Å². The van der Waals surface area contributed by atoms with Gasteiger partial charge in [0.05, 0.1) is 17.7 Å². The Hall–Kier alpha value is -2.85. The molecule has 1 aliphatic rings. The van der Waals surface area contributed by atoms with Crippen molar-refractivity contribution < 1.29 is 28.6 Å². The average Bonchev–Trinajstić information content (AvgIpc) is 2.77. The number of fused-ring (bicyclic) bond motifs is 1. The molecule has 2 N–H and O–H groups in total. The normalized spacial score (nSPS) is 21.8. The summed E-state index contributed by atoms with van der Waals surface area (Å²) in [5.41, 5.74) is 0.783. The van der Waals surface area contributed by atoms with Gasteiger partial charge in [0.25, 0.3) is 5.91 Å². The van der Waals surface area contributed by atoms with Gasteiger partial charge >= 0.3 is 6.03 Å². The predicted octanol–water partition coefficient (Wildman–Crippen LogP) is 2.20. The van der Waals surface area contributed by atoms with Crippen LogP contribution in [0.4, 0.5) is 10.5 Å². The van der Waals surface area contributed by atoms with Crippen molar-refractivity contribution in [1.29, 1.82) is 0 Å². The fourth-order valence-corrected chi connectivity index (χ4v) is 3.84. The van der Waals surface area contributed by atoms with Crippen LogP contribution in [0, 0.1) is 5.92 Å². The second-order valence-electron chi connectivity index (χ2n) is 9.04. The zero-order valence-corrected chi connectivity index (χ0v) is 21.2. The first-order chi connectivity index (χ1) is 16.1. The third-order valence-corrected chi connectivity index (χ3v) is 5.71. The van der Waals surface area contributed by atoms with Gasteiger partial charge in [0.15, 0.2) is 0 Å². The van der Waals surface area contributed by atoms with E-state index in [0.29, 0.717) is 30.1 Å². The second kappa shape index (κ2) is 12.6. The fourth-order valence-electron chi connectivity index (χ4n) is 3.84. The van der Waals surface area contributed by atoms with E-state index < -0.39 is 0 Å². The van der Waals surface area contributed by atoms with Crippen molar-refractivity contribution >= 4 is 23.5 Å². The smallest absolute Gasteiger partial charge is 0.319 e. The van der Waals surface area contributed by atoms with Gasteiger partial charge in [0.1, 0.15) is 19.0 Å². The molecule has 1 heterocycles. The zero-order valence-electron chi connectivity index (χ0n) is 21.2. The highest BCUT2D eigenvalue weighted by atomic mass is 16.5.